The minimum Gasteiger partial charge on any atom is -0.465 e. The number of nitrogens with one attached hydrogen (secondary N) is 1. The Morgan fingerprint density at radius 2 is 2.50 bits per heavy atom. The van der Waals surface area contributed by atoms with E-state index in [-0.39, 0.29) is 17.9 Å². The van der Waals surface area contributed by atoms with Gasteiger partial charge in [-0.2, -0.15) is 0 Å². The molecule has 1 aromatic heterocycles. The van der Waals surface area contributed by atoms with Gasteiger partial charge in [-0.15, -0.1) is 0 Å². The van der Waals surface area contributed by atoms with Crippen molar-refractivity contribution < 1.29 is 14.0 Å². The molecule has 1 aliphatic heterocycles. The number of hydrogen-bond acceptors (Lipinski definition) is 3. The van der Waals surface area contributed by atoms with Gasteiger partial charge in [0.1, 0.15) is 11.8 Å². The summed E-state index contributed by atoms with van der Waals surface area (Å²) in [7, 11) is 0. The molecule has 1 aromatic rings. The molecule has 5 nitrogen and oxygen atoms in total. The van der Waals surface area contributed by atoms with Crippen LogP contribution in [0.3, 0.4) is 0 Å². The first-order valence-corrected chi connectivity index (χ1v) is 6.02. The van der Waals surface area contributed by atoms with Gasteiger partial charge >= 0.3 is 0 Å². The van der Waals surface area contributed by atoms with Crippen LogP contribution in [0.1, 0.15) is 19.1 Å². The molecule has 18 heavy (non-hydrogen) atoms. The minimum atomic E-state index is -0.368. The molecule has 1 saturated heterocycles. The smallest absolute Gasteiger partial charge is 0.247 e. The van der Waals surface area contributed by atoms with E-state index in [1.165, 1.54) is 6.08 Å². The third kappa shape index (κ3) is 2.61. The van der Waals surface area contributed by atoms with Gasteiger partial charge in [0.25, 0.3) is 0 Å². The van der Waals surface area contributed by atoms with Gasteiger partial charge in [0.2, 0.25) is 11.8 Å². The number of carbonyl (C=O) groups is 2. The zero-order valence-corrected chi connectivity index (χ0v) is 10.3. The summed E-state index contributed by atoms with van der Waals surface area (Å²) in [5.74, 6) is 0.384. The number of hydrogen-bond donors (Lipinski definition) is 1. The second kappa shape index (κ2) is 5.53. The SMILES string of the molecule is CCC1C(=O)NCCN1C(=O)C=Cc1ccco1. The summed E-state index contributed by atoms with van der Waals surface area (Å²) in [6, 6.07) is 3.16. The molecule has 2 rings (SSSR count). The van der Waals surface area contributed by atoms with Crippen molar-refractivity contribution in [2.24, 2.45) is 0 Å². The topological polar surface area (TPSA) is 62.6 Å². The number of amides is 2. The highest BCUT2D eigenvalue weighted by molar-refractivity contribution is 5.96. The summed E-state index contributed by atoms with van der Waals surface area (Å²) in [6.45, 7) is 2.95. The maximum Gasteiger partial charge on any atom is 0.247 e. The van der Waals surface area contributed by atoms with E-state index in [0.717, 1.165) is 0 Å². The van der Waals surface area contributed by atoms with Gasteiger partial charge < -0.3 is 14.6 Å². The monoisotopic (exact) mass is 248 g/mol. The standard InChI is InChI=1S/C13H16N2O3/c1-2-11-13(17)14-7-8-15(11)12(16)6-5-10-4-3-9-18-10/h3-6,9,11H,2,7-8H2,1H3,(H,14,17). The Balaban J connectivity index is 2.05. The van der Waals surface area contributed by atoms with Crippen LogP contribution in [0.4, 0.5) is 0 Å². The van der Waals surface area contributed by atoms with E-state index < -0.39 is 0 Å². The Bertz CT molecular complexity index is 451. The number of nitrogens with zero attached hydrogens (tertiary/aromatic N) is 1. The van der Waals surface area contributed by atoms with Gasteiger partial charge in [-0.25, -0.2) is 0 Å². The number of piperazine rings is 1. The molecule has 0 spiro atoms. The number of rotatable bonds is 3. The van der Waals surface area contributed by atoms with Crippen LogP contribution >= 0.6 is 0 Å². The van der Waals surface area contributed by atoms with Crippen molar-refractivity contribution in [1.29, 1.82) is 0 Å². The molecule has 1 N–H and O–H groups in total. The fourth-order valence-electron chi connectivity index (χ4n) is 2.02. The van der Waals surface area contributed by atoms with Crippen molar-refractivity contribution in [3.8, 4) is 0 Å². The van der Waals surface area contributed by atoms with Gasteiger partial charge in [-0.05, 0) is 24.6 Å². The van der Waals surface area contributed by atoms with Gasteiger partial charge in [0.05, 0.1) is 6.26 Å². The number of furan rings is 1. The van der Waals surface area contributed by atoms with E-state index >= 15 is 0 Å². The van der Waals surface area contributed by atoms with Gasteiger partial charge in [0, 0.05) is 19.2 Å². The summed E-state index contributed by atoms with van der Waals surface area (Å²) < 4.78 is 5.11. The van der Waals surface area contributed by atoms with Crippen LogP contribution < -0.4 is 5.32 Å². The Hall–Kier alpha value is -2.04. The van der Waals surface area contributed by atoms with E-state index in [2.05, 4.69) is 5.32 Å². The van der Waals surface area contributed by atoms with Crippen molar-refractivity contribution in [3.05, 3.63) is 30.2 Å². The van der Waals surface area contributed by atoms with Crippen molar-refractivity contribution in [3.63, 3.8) is 0 Å². The van der Waals surface area contributed by atoms with Crippen LogP contribution in [-0.4, -0.2) is 35.8 Å². The summed E-state index contributed by atoms with van der Waals surface area (Å²) in [5.41, 5.74) is 0. The molecule has 0 bridgehead atoms. The van der Waals surface area contributed by atoms with E-state index in [1.54, 1.807) is 29.4 Å². The summed E-state index contributed by atoms with van der Waals surface area (Å²) >= 11 is 0. The first-order valence-electron chi connectivity index (χ1n) is 6.02. The van der Waals surface area contributed by atoms with Crippen LogP contribution in [0.5, 0.6) is 0 Å². The molecule has 1 aliphatic rings. The van der Waals surface area contributed by atoms with E-state index in [9.17, 15) is 9.59 Å². The molecule has 96 valence electrons. The lowest BCUT2D eigenvalue weighted by Crippen LogP contribution is -2.56. The van der Waals surface area contributed by atoms with E-state index in [0.29, 0.717) is 25.3 Å². The summed E-state index contributed by atoms with van der Waals surface area (Å²) in [6.07, 6.45) is 5.22. The van der Waals surface area contributed by atoms with Crippen molar-refractivity contribution in [2.75, 3.05) is 13.1 Å². The van der Waals surface area contributed by atoms with Crippen molar-refractivity contribution in [2.45, 2.75) is 19.4 Å². The lowest BCUT2D eigenvalue weighted by Gasteiger charge is -2.33. The Kier molecular flexibility index (Phi) is 3.82. The van der Waals surface area contributed by atoms with Crippen LogP contribution in [0.25, 0.3) is 6.08 Å². The Labute approximate surface area is 105 Å². The minimum absolute atomic E-state index is 0.0801. The van der Waals surface area contributed by atoms with Gasteiger partial charge in [-0.1, -0.05) is 6.92 Å². The normalized spacial score (nSPS) is 20.2. The largest absolute Gasteiger partial charge is 0.465 e. The van der Waals surface area contributed by atoms with Crippen LogP contribution in [-0.2, 0) is 9.59 Å². The molecular formula is C13H16N2O3. The molecule has 1 unspecified atom stereocenters. The molecule has 0 aliphatic carbocycles. The highest BCUT2D eigenvalue weighted by Gasteiger charge is 2.30. The van der Waals surface area contributed by atoms with Crippen LogP contribution in [0, 0.1) is 0 Å². The molecule has 5 heteroatoms. The molecule has 0 saturated carbocycles. The third-order valence-electron chi connectivity index (χ3n) is 2.93. The van der Waals surface area contributed by atoms with Gasteiger partial charge in [0.15, 0.2) is 0 Å². The molecule has 1 atom stereocenters. The average Bonchev–Trinajstić information content (AvgIpc) is 2.88. The van der Waals surface area contributed by atoms with Crippen LogP contribution in [0.15, 0.2) is 28.9 Å². The fourth-order valence-corrected chi connectivity index (χ4v) is 2.02. The molecule has 0 aromatic carbocycles. The first kappa shape index (κ1) is 12.4. The maximum absolute atomic E-state index is 12.0. The first-order chi connectivity index (χ1) is 8.72. The van der Waals surface area contributed by atoms with E-state index in [1.807, 2.05) is 6.92 Å². The quantitative estimate of drug-likeness (QED) is 0.813. The zero-order chi connectivity index (χ0) is 13.0. The van der Waals surface area contributed by atoms with Crippen LogP contribution in [0.2, 0.25) is 0 Å². The van der Waals surface area contributed by atoms with Crippen molar-refractivity contribution >= 4 is 17.9 Å². The molecule has 1 fully saturated rings. The molecular weight excluding hydrogens is 232 g/mol. The fraction of sp³-hybridized carbons (Fsp3) is 0.385. The third-order valence-corrected chi connectivity index (χ3v) is 2.93. The maximum atomic E-state index is 12.0. The van der Waals surface area contributed by atoms with Gasteiger partial charge in [-0.3, -0.25) is 9.59 Å². The lowest BCUT2D eigenvalue weighted by atomic mass is 10.1. The predicted molar refractivity (Wildman–Crippen MR) is 66.5 cm³/mol. The second-order valence-electron chi connectivity index (χ2n) is 4.10. The predicted octanol–water partition coefficient (Wildman–Crippen LogP) is 1.03. The number of carbonyl (C=O) groups excluding carboxylic acids is 2. The Morgan fingerprint density at radius 3 is 3.17 bits per heavy atom. The lowest BCUT2D eigenvalue weighted by molar-refractivity contribution is -0.140. The highest BCUT2D eigenvalue weighted by atomic mass is 16.3. The average molecular weight is 248 g/mol. The molecule has 2 heterocycles. The second-order valence-corrected chi connectivity index (χ2v) is 4.10. The molecule has 0 radical (unpaired) electrons. The zero-order valence-electron chi connectivity index (χ0n) is 10.3. The van der Waals surface area contributed by atoms with Crippen molar-refractivity contribution in [1.82, 2.24) is 10.2 Å². The molecule has 2 amide bonds. The highest BCUT2D eigenvalue weighted by Crippen LogP contribution is 2.10. The Morgan fingerprint density at radius 1 is 1.67 bits per heavy atom. The summed E-state index contributed by atoms with van der Waals surface area (Å²) in [4.78, 5) is 25.2. The summed E-state index contributed by atoms with van der Waals surface area (Å²) in [5, 5.41) is 2.76. The van der Waals surface area contributed by atoms with E-state index in [4.69, 9.17) is 4.42 Å².